The van der Waals surface area contributed by atoms with Crippen molar-refractivity contribution in [1.82, 2.24) is 15.2 Å². The lowest BCUT2D eigenvalue weighted by molar-refractivity contribution is -0.385. The summed E-state index contributed by atoms with van der Waals surface area (Å²) in [5.74, 6) is -0.467. The average molecular weight is 510 g/mol. The Morgan fingerprint density at radius 3 is 2.59 bits per heavy atom. The number of amides is 1. The van der Waals surface area contributed by atoms with Gasteiger partial charge in [0.2, 0.25) is 0 Å². The number of H-pyrrole nitrogens is 1. The highest BCUT2D eigenvalue weighted by atomic mass is 79.9. The lowest BCUT2D eigenvalue weighted by Gasteiger charge is -2.07. The maximum absolute atomic E-state index is 12.3. The first-order valence-corrected chi connectivity index (χ1v) is 6.67. The van der Waals surface area contributed by atoms with Crippen LogP contribution >= 0.6 is 34.0 Å². The predicted octanol–water partition coefficient (Wildman–Crippen LogP) is 1.08. The van der Waals surface area contributed by atoms with E-state index in [1.54, 1.807) is 6.07 Å². The summed E-state index contributed by atoms with van der Waals surface area (Å²) in [5, 5.41) is 21.0. The maximum Gasteiger partial charge on any atom is 0.274 e. The van der Waals surface area contributed by atoms with Crippen molar-refractivity contribution in [3.8, 4) is 0 Å². The molecule has 11 nitrogen and oxygen atoms in total. The van der Waals surface area contributed by atoms with Gasteiger partial charge in [-0.2, -0.15) is 5.10 Å². The zero-order valence-corrected chi connectivity index (χ0v) is 17.1. The fraction of sp³-hybridized carbons (Fsp3) is 0.0714. The van der Waals surface area contributed by atoms with Gasteiger partial charge < -0.3 is 22.0 Å². The molecule has 0 fully saturated rings. The van der Waals surface area contributed by atoms with Crippen LogP contribution in [0.15, 0.2) is 36.7 Å². The highest BCUT2D eigenvalue weighted by Crippen LogP contribution is 2.23. The first-order valence-electron chi connectivity index (χ1n) is 6.67. The van der Waals surface area contributed by atoms with Crippen molar-refractivity contribution in [2.75, 3.05) is 5.32 Å². The number of nitro benzene ring substituents is 1. The van der Waals surface area contributed by atoms with E-state index in [1.165, 1.54) is 30.6 Å². The molecule has 0 aliphatic carbocycles. The van der Waals surface area contributed by atoms with Crippen LogP contribution in [0.3, 0.4) is 0 Å². The number of benzene rings is 1. The van der Waals surface area contributed by atoms with Crippen LogP contribution in [0.2, 0.25) is 0 Å². The molecule has 27 heavy (non-hydrogen) atoms. The zero-order chi connectivity index (χ0) is 16.4. The lowest BCUT2D eigenvalue weighted by atomic mass is 10.1. The molecule has 0 aliphatic rings. The standard InChI is InChI=1S/C14H12N6O3.2BrH.2H2O/c15-6-9-2-1-8(5-12(9)20(22)23)14(21)18-11-3-4-16-13-10(11)7-17-19-13;;;;/h1-5,7H,6,15H2,(H2,16,17,18,19,21);2*1H;2*1H2. The summed E-state index contributed by atoms with van der Waals surface area (Å²) < 4.78 is 0. The van der Waals surface area contributed by atoms with Gasteiger partial charge in [0.25, 0.3) is 11.6 Å². The minimum atomic E-state index is -0.556. The number of hydrogen-bond acceptors (Lipinski definition) is 6. The van der Waals surface area contributed by atoms with Crippen molar-refractivity contribution in [3.05, 3.63) is 57.9 Å². The highest BCUT2D eigenvalue weighted by Gasteiger charge is 2.17. The summed E-state index contributed by atoms with van der Waals surface area (Å²) in [7, 11) is 0. The Labute approximate surface area is 173 Å². The minimum Gasteiger partial charge on any atom is -0.412 e. The number of anilines is 1. The van der Waals surface area contributed by atoms with E-state index < -0.39 is 10.8 Å². The minimum absolute atomic E-state index is 0. The van der Waals surface area contributed by atoms with Crippen LogP contribution in [0.4, 0.5) is 11.4 Å². The molecule has 3 rings (SSSR count). The summed E-state index contributed by atoms with van der Waals surface area (Å²) in [6, 6.07) is 5.81. The smallest absolute Gasteiger partial charge is 0.274 e. The number of nitrogens with one attached hydrogen (secondary N) is 2. The normalized spacial score (nSPS) is 9.07. The highest BCUT2D eigenvalue weighted by molar-refractivity contribution is 8.93. The number of fused-ring (bicyclic) bond motifs is 1. The third-order valence-electron chi connectivity index (χ3n) is 3.37. The Morgan fingerprint density at radius 2 is 1.96 bits per heavy atom. The number of nitro groups is 1. The SMILES string of the molecule is Br.Br.NCc1ccc(C(=O)Nc2ccnc3[nH]ncc23)cc1[N+](=O)[O-].O.O. The Morgan fingerprint density at radius 1 is 1.26 bits per heavy atom. The Kier molecular flexibility index (Phi) is 11.2. The molecular formula is C14H18Br2N6O5. The van der Waals surface area contributed by atoms with Gasteiger partial charge in [0.15, 0.2) is 5.65 Å². The first kappa shape index (κ1) is 26.8. The van der Waals surface area contributed by atoms with E-state index in [9.17, 15) is 14.9 Å². The number of rotatable bonds is 4. The van der Waals surface area contributed by atoms with Crippen molar-refractivity contribution >= 4 is 62.3 Å². The Hall–Kier alpha value is -2.45. The van der Waals surface area contributed by atoms with Gasteiger partial charge in [-0.25, -0.2) is 4.98 Å². The third-order valence-corrected chi connectivity index (χ3v) is 3.37. The van der Waals surface area contributed by atoms with Crippen molar-refractivity contribution < 1.29 is 20.7 Å². The van der Waals surface area contributed by atoms with E-state index in [4.69, 9.17) is 5.73 Å². The van der Waals surface area contributed by atoms with Gasteiger partial charge in [-0.1, -0.05) is 6.07 Å². The number of pyridine rings is 1. The second kappa shape index (κ2) is 11.3. The fourth-order valence-corrected chi connectivity index (χ4v) is 2.20. The molecule has 1 amide bonds. The molecular weight excluding hydrogens is 492 g/mol. The molecule has 0 saturated carbocycles. The molecule has 0 saturated heterocycles. The van der Waals surface area contributed by atoms with Crippen molar-refractivity contribution in [2.45, 2.75) is 6.54 Å². The van der Waals surface area contributed by atoms with Gasteiger partial charge in [-0.15, -0.1) is 34.0 Å². The second-order valence-electron chi connectivity index (χ2n) is 4.75. The van der Waals surface area contributed by atoms with Gasteiger partial charge in [-0.3, -0.25) is 20.0 Å². The van der Waals surface area contributed by atoms with Gasteiger partial charge in [-0.05, 0) is 12.1 Å². The van der Waals surface area contributed by atoms with Crippen LogP contribution in [0.25, 0.3) is 11.0 Å². The third kappa shape index (κ3) is 5.51. The monoisotopic (exact) mass is 508 g/mol. The van der Waals surface area contributed by atoms with Gasteiger partial charge in [0, 0.05) is 29.9 Å². The molecule has 13 heteroatoms. The van der Waals surface area contributed by atoms with Crippen LogP contribution in [0.5, 0.6) is 0 Å². The van der Waals surface area contributed by atoms with Gasteiger partial charge in [0.05, 0.1) is 22.2 Å². The number of aromatic amines is 1. The number of nitrogens with two attached hydrogens (primary N) is 1. The van der Waals surface area contributed by atoms with Gasteiger partial charge in [0.1, 0.15) is 0 Å². The molecule has 0 aliphatic heterocycles. The van der Waals surface area contributed by atoms with E-state index in [1.807, 2.05) is 0 Å². The number of carbonyl (C=O) groups is 1. The quantitative estimate of drug-likeness (QED) is 0.346. The number of nitrogens with zero attached hydrogens (tertiary/aromatic N) is 3. The fourth-order valence-electron chi connectivity index (χ4n) is 2.20. The van der Waals surface area contributed by atoms with Crippen LogP contribution in [0, 0.1) is 10.1 Å². The molecule has 2 aromatic heterocycles. The van der Waals surface area contributed by atoms with E-state index in [0.29, 0.717) is 22.3 Å². The van der Waals surface area contributed by atoms with Crippen LogP contribution in [-0.4, -0.2) is 37.0 Å². The zero-order valence-electron chi connectivity index (χ0n) is 13.6. The van der Waals surface area contributed by atoms with Crippen LogP contribution < -0.4 is 11.1 Å². The van der Waals surface area contributed by atoms with Crippen molar-refractivity contribution in [3.63, 3.8) is 0 Å². The van der Waals surface area contributed by atoms with E-state index >= 15 is 0 Å². The number of carbonyl (C=O) groups excluding carboxylic acids is 1. The topological polar surface area (TPSA) is 203 Å². The molecule has 1 aromatic carbocycles. The maximum atomic E-state index is 12.3. The molecule has 8 N–H and O–H groups in total. The van der Waals surface area contributed by atoms with Crippen molar-refractivity contribution in [2.24, 2.45) is 5.73 Å². The van der Waals surface area contributed by atoms with E-state index in [0.717, 1.165) is 0 Å². The summed E-state index contributed by atoms with van der Waals surface area (Å²) in [4.78, 5) is 26.9. The molecule has 2 heterocycles. The molecule has 148 valence electrons. The van der Waals surface area contributed by atoms with E-state index in [-0.39, 0.29) is 62.7 Å². The van der Waals surface area contributed by atoms with Crippen molar-refractivity contribution in [1.29, 1.82) is 0 Å². The molecule has 0 unspecified atom stereocenters. The molecule has 0 atom stereocenters. The molecule has 0 bridgehead atoms. The average Bonchev–Trinajstić information content (AvgIpc) is 3.03. The number of halogens is 2. The first-order chi connectivity index (χ1) is 11.1. The van der Waals surface area contributed by atoms with E-state index in [2.05, 4.69) is 20.5 Å². The summed E-state index contributed by atoms with van der Waals surface area (Å²) >= 11 is 0. The largest absolute Gasteiger partial charge is 0.412 e. The summed E-state index contributed by atoms with van der Waals surface area (Å²) in [6.45, 7) is 0.0260. The Bertz CT molecular complexity index is 920. The predicted molar refractivity (Wildman–Crippen MR) is 111 cm³/mol. The molecule has 0 spiro atoms. The lowest BCUT2D eigenvalue weighted by Crippen LogP contribution is -2.13. The number of aromatic nitrogens is 3. The Balaban J connectivity index is 0. The number of hydrogen-bond donors (Lipinski definition) is 3. The molecule has 0 radical (unpaired) electrons. The van der Waals surface area contributed by atoms with Crippen LogP contribution in [-0.2, 0) is 6.54 Å². The van der Waals surface area contributed by atoms with Gasteiger partial charge >= 0.3 is 0 Å². The summed E-state index contributed by atoms with van der Waals surface area (Å²) in [6.07, 6.45) is 3.06. The summed E-state index contributed by atoms with van der Waals surface area (Å²) in [5.41, 5.74) is 6.87. The molecule has 3 aromatic rings. The van der Waals surface area contributed by atoms with Crippen LogP contribution in [0.1, 0.15) is 15.9 Å². The second-order valence-corrected chi connectivity index (χ2v) is 4.75.